The molecule has 0 aliphatic rings. The maximum absolute atomic E-state index is 12.5. The Bertz CT molecular complexity index is 1000. The molecule has 0 saturated heterocycles. The summed E-state index contributed by atoms with van der Waals surface area (Å²) in [4.78, 5) is 24.0. The lowest BCUT2D eigenvalue weighted by Gasteiger charge is -2.10. The molecule has 6 heteroatoms. The van der Waals surface area contributed by atoms with Crippen molar-refractivity contribution in [3.63, 3.8) is 0 Å². The highest BCUT2D eigenvalue weighted by Gasteiger charge is 2.16. The zero-order valence-corrected chi connectivity index (χ0v) is 14.0. The largest absolute Gasteiger partial charge is 0.497 e. The molecule has 0 aliphatic carbocycles. The van der Waals surface area contributed by atoms with Crippen LogP contribution in [0.15, 0.2) is 51.7 Å². The average Bonchev–Trinajstić information content (AvgIpc) is 2.60. The van der Waals surface area contributed by atoms with Gasteiger partial charge in [0.1, 0.15) is 28.4 Å². The summed E-state index contributed by atoms with van der Waals surface area (Å²) in [5.41, 5.74) is 0.919. The van der Waals surface area contributed by atoms with Crippen LogP contribution in [0.3, 0.4) is 0 Å². The second-order valence-corrected chi connectivity index (χ2v) is 5.36. The van der Waals surface area contributed by atoms with Gasteiger partial charge in [-0.05, 0) is 42.8 Å². The number of carbonyl (C=O) groups excluding carboxylic acids is 1. The van der Waals surface area contributed by atoms with Crippen LogP contribution in [0, 0.1) is 6.92 Å². The van der Waals surface area contributed by atoms with E-state index >= 15 is 0 Å². The number of aryl methyl sites for hydroxylation is 1. The molecule has 0 spiro atoms. The van der Waals surface area contributed by atoms with Gasteiger partial charge in [0.15, 0.2) is 0 Å². The first-order valence-electron chi connectivity index (χ1n) is 7.50. The Morgan fingerprint density at radius 2 is 1.72 bits per heavy atom. The zero-order valence-electron chi connectivity index (χ0n) is 14.0. The SMILES string of the molecule is COc1ccc(OC)c(C(=O)Oc2ccc3c(C)cc(=O)oc3c2)c1. The van der Waals surface area contributed by atoms with Crippen LogP contribution >= 0.6 is 0 Å². The first kappa shape index (κ1) is 16.6. The molecule has 0 fully saturated rings. The average molecular weight is 340 g/mol. The van der Waals surface area contributed by atoms with E-state index in [1.54, 1.807) is 24.3 Å². The van der Waals surface area contributed by atoms with Gasteiger partial charge in [-0.25, -0.2) is 9.59 Å². The molecule has 0 radical (unpaired) electrons. The summed E-state index contributed by atoms with van der Waals surface area (Å²) >= 11 is 0. The number of fused-ring (bicyclic) bond motifs is 1. The van der Waals surface area contributed by atoms with E-state index in [0.29, 0.717) is 17.1 Å². The molecule has 2 aromatic carbocycles. The zero-order chi connectivity index (χ0) is 18.0. The van der Waals surface area contributed by atoms with Crippen molar-refractivity contribution in [3.8, 4) is 17.2 Å². The van der Waals surface area contributed by atoms with Crippen molar-refractivity contribution in [1.29, 1.82) is 0 Å². The molecule has 0 saturated carbocycles. The Hall–Kier alpha value is -3.28. The highest BCUT2D eigenvalue weighted by molar-refractivity contribution is 5.95. The fourth-order valence-electron chi connectivity index (χ4n) is 2.50. The fraction of sp³-hybridized carbons (Fsp3) is 0.158. The molecule has 25 heavy (non-hydrogen) atoms. The lowest BCUT2D eigenvalue weighted by Crippen LogP contribution is -2.10. The van der Waals surface area contributed by atoms with Gasteiger partial charge in [0.05, 0.1) is 14.2 Å². The molecule has 0 aliphatic heterocycles. The van der Waals surface area contributed by atoms with Crippen LogP contribution < -0.4 is 19.8 Å². The molecule has 128 valence electrons. The lowest BCUT2D eigenvalue weighted by molar-refractivity contribution is 0.0731. The number of esters is 1. The number of hydrogen-bond donors (Lipinski definition) is 0. The first-order chi connectivity index (χ1) is 12.0. The lowest BCUT2D eigenvalue weighted by atomic mass is 10.1. The summed E-state index contributed by atoms with van der Waals surface area (Å²) in [6.07, 6.45) is 0. The number of carbonyl (C=O) groups is 1. The molecule has 0 amide bonds. The van der Waals surface area contributed by atoms with Gasteiger partial charge in [-0.15, -0.1) is 0 Å². The summed E-state index contributed by atoms with van der Waals surface area (Å²) in [5.74, 6) is 0.531. The van der Waals surface area contributed by atoms with E-state index < -0.39 is 11.6 Å². The van der Waals surface area contributed by atoms with E-state index in [1.165, 1.54) is 32.4 Å². The Labute approximate surface area is 143 Å². The topological polar surface area (TPSA) is 75.0 Å². The third-order valence-electron chi connectivity index (χ3n) is 3.76. The smallest absolute Gasteiger partial charge is 0.347 e. The van der Waals surface area contributed by atoms with Crippen LogP contribution in [0.2, 0.25) is 0 Å². The minimum Gasteiger partial charge on any atom is -0.497 e. The van der Waals surface area contributed by atoms with Crippen molar-refractivity contribution in [2.75, 3.05) is 14.2 Å². The van der Waals surface area contributed by atoms with Gasteiger partial charge in [-0.2, -0.15) is 0 Å². The van der Waals surface area contributed by atoms with Crippen LogP contribution in [-0.2, 0) is 0 Å². The van der Waals surface area contributed by atoms with E-state index in [1.807, 2.05) is 6.92 Å². The summed E-state index contributed by atoms with van der Waals surface area (Å²) < 4.78 is 20.9. The van der Waals surface area contributed by atoms with Gasteiger partial charge < -0.3 is 18.6 Å². The van der Waals surface area contributed by atoms with Crippen molar-refractivity contribution in [2.24, 2.45) is 0 Å². The Balaban J connectivity index is 1.96. The van der Waals surface area contributed by atoms with Crippen LogP contribution in [0.1, 0.15) is 15.9 Å². The second kappa shape index (κ2) is 6.68. The molecule has 0 unspecified atom stereocenters. The Morgan fingerprint density at radius 3 is 2.44 bits per heavy atom. The Kier molecular flexibility index (Phi) is 4.43. The quantitative estimate of drug-likeness (QED) is 0.412. The van der Waals surface area contributed by atoms with E-state index in [0.717, 1.165) is 10.9 Å². The predicted molar refractivity (Wildman–Crippen MR) is 91.7 cm³/mol. The molecule has 1 aromatic heterocycles. The van der Waals surface area contributed by atoms with E-state index in [-0.39, 0.29) is 11.3 Å². The molecule has 6 nitrogen and oxygen atoms in total. The van der Waals surface area contributed by atoms with Gasteiger partial charge in [-0.3, -0.25) is 0 Å². The van der Waals surface area contributed by atoms with Gasteiger partial charge in [0.2, 0.25) is 0 Å². The van der Waals surface area contributed by atoms with E-state index in [9.17, 15) is 9.59 Å². The van der Waals surface area contributed by atoms with E-state index in [2.05, 4.69) is 0 Å². The number of hydrogen-bond acceptors (Lipinski definition) is 6. The minimum absolute atomic E-state index is 0.229. The van der Waals surface area contributed by atoms with Crippen LogP contribution in [0.4, 0.5) is 0 Å². The number of methoxy groups -OCH3 is 2. The molecular weight excluding hydrogens is 324 g/mol. The molecular formula is C19H16O6. The van der Waals surface area contributed by atoms with Crippen molar-refractivity contribution in [3.05, 3.63) is 64.0 Å². The van der Waals surface area contributed by atoms with Crippen LogP contribution in [0.5, 0.6) is 17.2 Å². The van der Waals surface area contributed by atoms with Gasteiger partial charge in [0, 0.05) is 17.5 Å². The van der Waals surface area contributed by atoms with Crippen molar-refractivity contribution in [1.82, 2.24) is 0 Å². The molecule has 0 atom stereocenters. The molecule has 3 rings (SSSR count). The number of ether oxygens (including phenoxy) is 3. The molecule has 0 N–H and O–H groups in total. The van der Waals surface area contributed by atoms with Gasteiger partial charge in [0.25, 0.3) is 0 Å². The van der Waals surface area contributed by atoms with Crippen LogP contribution in [0.25, 0.3) is 11.0 Å². The molecule has 1 heterocycles. The highest BCUT2D eigenvalue weighted by atomic mass is 16.5. The van der Waals surface area contributed by atoms with Crippen LogP contribution in [-0.4, -0.2) is 20.2 Å². The summed E-state index contributed by atoms with van der Waals surface area (Å²) in [7, 11) is 2.97. The van der Waals surface area contributed by atoms with Crippen molar-refractivity contribution in [2.45, 2.75) is 6.92 Å². The maximum atomic E-state index is 12.5. The summed E-state index contributed by atoms with van der Waals surface area (Å²) in [6, 6.07) is 11.1. The second-order valence-electron chi connectivity index (χ2n) is 5.36. The minimum atomic E-state index is -0.606. The number of rotatable bonds is 4. The van der Waals surface area contributed by atoms with E-state index in [4.69, 9.17) is 18.6 Å². The summed E-state index contributed by atoms with van der Waals surface area (Å²) in [5, 5.41) is 0.776. The van der Waals surface area contributed by atoms with Crippen molar-refractivity contribution >= 4 is 16.9 Å². The van der Waals surface area contributed by atoms with Gasteiger partial charge >= 0.3 is 11.6 Å². The van der Waals surface area contributed by atoms with Gasteiger partial charge in [-0.1, -0.05) is 0 Å². The Morgan fingerprint density at radius 1 is 0.960 bits per heavy atom. The number of benzene rings is 2. The monoisotopic (exact) mass is 340 g/mol. The normalized spacial score (nSPS) is 10.5. The molecule has 3 aromatic rings. The van der Waals surface area contributed by atoms with Crippen molar-refractivity contribution < 1.29 is 23.4 Å². The third kappa shape index (κ3) is 3.33. The molecule has 0 bridgehead atoms. The highest BCUT2D eigenvalue weighted by Crippen LogP contribution is 2.27. The standard InChI is InChI=1S/C19H16O6/c1-11-8-18(20)25-17-10-13(4-6-14(11)17)24-19(21)15-9-12(22-2)5-7-16(15)23-3/h4-10H,1-3H3. The maximum Gasteiger partial charge on any atom is 0.347 e. The fourth-order valence-corrected chi connectivity index (χ4v) is 2.50. The summed E-state index contributed by atoms with van der Waals surface area (Å²) in [6.45, 7) is 1.81. The predicted octanol–water partition coefficient (Wildman–Crippen LogP) is 3.34. The third-order valence-corrected chi connectivity index (χ3v) is 3.76. The first-order valence-corrected chi connectivity index (χ1v) is 7.50.